The largest absolute Gasteiger partial charge is 0.376 e. The van der Waals surface area contributed by atoms with E-state index in [2.05, 4.69) is 16.7 Å². The number of amides is 2. The summed E-state index contributed by atoms with van der Waals surface area (Å²) in [5, 5.41) is 15.4. The summed E-state index contributed by atoms with van der Waals surface area (Å²) in [6.45, 7) is 0.0651. The highest BCUT2D eigenvalue weighted by molar-refractivity contribution is 6.34. The Morgan fingerprint density at radius 1 is 1.32 bits per heavy atom. The molecule has 0 saturated heterocycles. The van der Waals surface area contributed by atoms with E-state index in [1.54, 1.807) is 30.1 Å². The summed E-state index contributed by atoms with van der Waals surface area (Å²) in [5.41, 5.74) is 0.329. The van der Waals surface area contributed by atoms with Gasteiger partial charge in [0.15, 0.2) is 0 Å². The molecule has 25 heavy (non-hydrogen) atoms. The van der Waals surface area contributed by atoms with Crippen LogP contribution in [0.3, 0.4) is 0 Å². The van der Waals surface area contributed by atoms with Crippen LogP contribution < -0.4 is 10.6 Å². The van der Waals surface area contributed by atoms with E-state index in [1.807, 2.05) is 0 Å². The van der Waals surface area contributed by atoms with Crippen molar-refractivity contribution >= 4 is 29.1 Å². The maximum absolute atomic E-state index is 12.5. The average Bonchev–Trinajstić information content (AvgIpc) is 2.65. The number of hydrogen-bond donors (Lipinski definition) is 2. The molecule has 0 aliphatic heterocycles. The molecule has 2 rings (SSSR count). The number of likely N-dealkylation sites (N-methyl/N-ethyl adjacent to an activating group) is 1. The Kier molecular flexibility index (Phi) is 6.27. The number of benzene rings is 1. The minimum absolute atomic E-state index is 0.0651. The number of carbonyl (C=O) groups is 2. The van der Waals surface area contributed by atoms with Gasteiger partial charge in [-0.25, -0.2) is 0 Å². The van der Waals surface area contributed by atoms with Crippen molar-refractivity contribution in [2.75, 3.05) is 26.0 Å². The van der Waals surface area contributed by atoms with Crippen molar-refractivity contribution in [3.8, 4) is 6.07 Å². The number of halogens is 1. The summed E-state index contributed by atoms with van der Waals surface area (Å²) in [6.07, 6.45) is 4.49. The van der Waals surface area contributed by atoms with Gasteiger partial charge < -0.3 is 15.5 Å². The molecule has 0 unspecified atom stereocenters. The molecule has 0 spiro atoms. The summed E-state index contributed by atoms with van der Waals surface area (Å²) in [6, 6.07) is 7.26. The van der Waals surface area contributed by atoms with Crippen LogP contribution in [0.1, 0.15) is 42.5 Å². The minimum Gasteiger partial charge on any atom is -0.376 e. The van der Waals surface area contributed by atoms with E-state index in [0.717, 1.165) is 32.1 Å². The molecule has 2 amide bonds. The first-order chi connectivity index (χ1) is 11.9. The average molecular weight is 363 g/mol. The van der Waals surface area contributed by atoms with Crippen molar-refractivity contribution in [1.82, 2.24) is 10.2 Å². The summed E-state index contributed by atoms with van der Waals surface area (Å²) in [7, 11) is 3.23. The quantitative estimate of drug-likeness (QED) is 0.843. The summed E-state index contributed by atoms with van der Waals surface area (Å²) < 4.78 is 0. The SMILES string of the molecule is CNC(=O)c1ccc(NCC(=O)N(C)C2(C#N)CCCCC2)cc1Cl. The van der Waals surface area contributed by atoms with E-state index in [9.17, 15) is 14.9 Å². The Balaban J connectivity index is 2.01. The topological polar surface area (TPSA) is 85.2 Å². The van der Waals surface area contributed by atoms with E-state index in [1.165, 1.54) is 7.05 Å². The van der Waals surface area contributed by atoms with Gasteiger partial charge in [0.1, 0.15) is 5.54 Å². The Morgan fingerprint density at radius 2 is 2.00 bits per heavy atom. The minimum atomic E-state index is -0.697. The molecule has 1 aliphatic carbocycles. The molecule has 1 saturated carbocycles. The third kappa shape index (κ3) is 4.23. The zero-order valence-electron chi connectivity index (χ0n) is 14.6. The number of nitrogens with one attached hydrogen (secondary N) is 2. The zero-order chi connectivity index (χ0) is 18.4. The standard InChI is InChI=1S/C18H23ClN4O2/c1-21-17(25)14-7-6-13(10-15(14)19)22-11-16(24)23(2)18(12-20)8-4-3-5-9-18/h6-7,10,22H,3-5,8-9,11H2,1-2H3,(H,21,25). The number of nitrogens with zero attached hydrogens (tertiary/aromatic N) is 2. The second-order valence-corrected chi connectivity index (χ2v) is 6.69. The smallest absolute Gasteiger partial charge is 0.252 e. The number of hydrogen-bond acceptors (Lipinski definition) is 4. The lowest BCUT2D eigenvalue weighted by atomic mass is 9.81. The number of anilines is 1. The van der Waals surface area contributed by atoms with Crippen LogP contribution in [-0.4, -0.2) is 42.9 Å². The van der Waals surface area contributed by atoms with Gasteiger partial charge in [-0.15, -0.1) is 0 Å². The predicted octanol–water partition coefficient (Wildman–Crippen LogP) is 2.80. The Labute approximate surface area is 153 Å². The van der Waals surface area contributed by atoms with Gasteiger partial charge in [-0.3, -0.25) is 9.59 Å². The second kappa shape index (κ2) is 8.21. The van der Waals surface area contributed by atoms with E-state index < -0.39 is 5.54 Å². The molecular weight excluding hydrogens is 340 g/mol. The Hall–Kier alpha value is -2.26. The van der Waals surface area contributed by atoms with Crippen LogP contribution in [-0.2, 0) is 4.79 Å². The van der Waals surface area contributed by atoms with Gasteiger partial charge in [0.05, 0.1) is 23.2 Å². The van der Waals surface area contributed by atoms with Gasteiger partial charge in [-0.2, -0.15) is 5.26 Å². The molecule has 1 fully saturated rings. The van der Waals surface area contributed by atoms with E-state index >= 15 is 0 Å². The molecule has 1 aromatic carbocycles. The van der Waals surface area contributed by atoms with Crippen LogP contribution >= 0.6 is 11.6 Å². The first-order valence-electron chi connectivity index (χ1n) is 8.37. The number of nitriles is 1. The molecule has 7 heteroatoms. The molecule has 0 heterocycles. The van der Waals surface area contributed by atoms with E-state index in [-0.39, 0.29) is 18.4 Å². The summed E-state index contributed by atoms with van der Waals surface area (Å²) in [5.74, 6) is -0.407. The molecule has 1 aromatic rings. The first kappa shape index (κ1) is 19.1. The highest BCUT2D eigenvalue weighted by Gasteiger charge is 2.38. The third-order valence-electron chi connectivity index (χ3n) is 4.79. The van der Waals surface area contributed by atoms with Crippen molar-refractivity contribution < 1.29 is 9.59 Å². The maximum Gasteiger partial charge on any atom is 0.252 e. The molecule has 1 aliphatic rings. The fourth-order valence-electron chi connectivity index (χ4n) is 3.14. The monoisotopic (exact) mass is 362 g/mol. The fraction of sp³-hybridized carbons (Fsp3) is 0.500. The van der Waals surface area contributed by atoms with Crippen molar-refractivity contribution in [3.63, 3.8) is 0 Å². The normalized spacial score (nSPS) is 15.8. The van der Waals surface area contributed by atoms with Crippen molar-refractivity contribution in [1.29, 1.82) is 5.26 Å². The molecule has 0 radical (unpaired) electrons. The first-order valence-corrected chi connectivity index (χ1v) is 8.75. The van der Waals surface area contributed by atoms with Gasteiger partial charge in [-0.05, 0) is 31.0 Å². The predicted molar refractivity (Wildman–Crippen MR) is 97.5 cm³/mol. The number of carbonyl (C=O) groups excluding carboxylic acids is 2. The summed E-state index contributed by atoms with van der Waals surface area (Å²) >= 11 is 6.11. The molecule has 2 N–H and O–H groups in total. The van der Waals surface area contributed by atoms with Crippen LogP contribution in [0.25, 0.3) is 0 Å². The Morgan fingerprint density at radius 3 is 2.56 bits per heavy atom. The van der Waals surface area contributed by atoms with Crippen LogP contribution in [0.15, 0.2) is 18.2 Å². The second-order valence-electron chi connectivity index (χ2n) is 6.28. The van der Waals surface area contributed by atoms with Gasteiger partial charge >= 0.3 is 0 Å². The lowest BCUT2D eigenvalue weighted by Gasteiger charge is -2.39. The van der Waals surface area contributed by atoms with E-state index in [4.69, 9.17) is 11.6 Å². The molecule has 6 nitrogen and oxygen atoms in total. The highest BCUT2D eigenvalue weighted by atomic mass is 35.5. The zero-order valence-corrected chi connectivity index (χ0v) is 15.3. The highest BCUT2D eigenvalue weighted by Crippen LogP contribution is 2.32. The molecule has 0 atom stereocenters. The fourth-order valence-corrected chi connectivity index (χ4v) is 3.40. The van der Waals surface area contributed by atoms with Gasteiger partial charge in [0.2, 0.25) is 5.91 Å². The van der Waals surface area contributed by atoms with Crippen molar-refractivity contribution in [2.45, 2.75) is 37.6 Å². The maximum atomic E-state index is 12.5. The van der Waals surface area contributed by atoms with Crippen LogP contribution in [0, 0.1) is 11.3 Å². The Bertz CT molecular complexity index is 693. The molecule has 0 aromatic heterocycles. The molecule has 134 valence electrons. The lowest BCUT2D eigenvalue weighted by Crippen LogP contribution is -2.51. The third-order valence-corrected chi connectivity index (χ3v) is 5.10. The number of rotatable bonds is 5. The van der Waals surface area contributed by atoms with E-state index in [0.29, 0.717) is 16.3 Å². The lowest BCUT2D eigenvalue weighted by molar-refractivity contribution is -0.132. The summed E-state index contributed by atoms with van der Waals surface area (Å²) in [4.78, 5) is 25.7. The van der Waals surface area contributed by atoms with Crippen LogP contribution in [0.2, 0.25) is 5.02 Å². The van der Waals surface area contributed by atoms with Gasteiger partial charge in [0, 0.05) is 19.8 Å². The van der Waals surface area contributed by atoms with Gasteiger partial charge in [0.25, 0.3) is 5.91 Å². The van der Waals surface area contributed by atoms with Crippen LogP contribution in [0.5, 0.6) is 0 Å². The van der Waals surface area contributed by atoms with Gasteiger partial charge in [-0.1, -0.05) is 30.9 Å². The van der Waals surface area contributed by atoms with Crippen molar-refractivity contribution in [2.24, 2.45) is 0 Å². The molecular formula is C18H23ClN4O2. The van der Waals surface area contributed by atoms with Crippen LogP contribution in [0.4, 0.5) is 5.69 Å². The molecule has 0 bridgehead atoms. The van der Waals surface area contributed by atoms with Crippen molar-refractivity contribution in [3.05, 3.63) is 28.8 Å².